The summed E-state index contributed by atoms with van der Waals surface area (Å²) in [7, 11) is 0. The highest BCUT2D eigenvalue weighted by Gasteiger charge is 2.23. The first-order chi connectivity index (χ1) is 7.99. The van der Waals surface area contributed by atoms with Crippen molar-refractivity contribution in [3.63, 3.8) is 0 Å². The molecule has 0 saturated heterocycles. The Bertz CT molecular complexity index is 458. The van der Waals surface area contributed by atoms with E-state index >= 15 is 0 Å². The van der Waals surface area contributed by atoms with Crippen LogP contribution in [-0.4, -0.2) is 29.2 Å². The van der Waals surface area contributed by atoms with Crippen molar-refractivity contribution in [1.82, 2.24) is 0 Å². The normalized spacial score (nSPS) is 10.0. The molecule has 7 heteroatoms. The second kappa shape index (κ2) is 5.26. The molecule has 1 aromatic rings. The van der Waals surface area contributed by atoms with Crippen LogP contribution in [0.2, 0.25) is 0 Å². The van der Waals surface area contributed by atoms with Crippen LogP contribution in [0.5, 0.6) is 5.75 Å². The third kappa shape index (κ3) is 2.70. The molecule has 1 rings (SSSR count). The van der Waals surface area contributed by atoms with Crippen molar-refractivity contribution in [1.29, 1.82) is 0 Å². The standard InChI is InChI=1S/C10H12N2O5/c1-6-7(10(13)14)2-3-8(17-5-4-11)9(6)12(15)16/h2-3H,4-5,11H2,1H3,(H,13,14). The number of carboxylic acids is 1. The predicted molar refractivity (Wildman–Crippen MR) is 59.3 cm³/mol. The molecule has 92 valence electrons. The van der Waals surface area contributed by atoms with Gasteiger partial charge in [0.2, 0.25) is 0 Å². The lowest BCUT2D eigenvalue weighted by Gasteiger charge is -2.08. The van der Waals surface area contributed by atoms with Gasteiger partial charge in [-0.15, -0.1) is 0 Å². The number of carboxylic acid groups (broad SMARTS) is 1. The van der Waals surface area contributed by atoms with Gasteiger partial charge in [0.05, 0.1) is 10.5 Å². The van der Waals surface area contributed by atoms with E-state index in [1.165, 1.54) is 19.1 Å². The van der Waals surface area contributed by atoms with Crippen LogP contribution < -0.4 is 10.5 Å². The summed E-state index contributed by atoms with van der Waals surface area (Å²) >= 11 is 0. The first-order valence-corrected chi connectivity index (χ1v) is 4.83. The average molecular weight is 240 g/mol. The van der Waals surface area contributed by atoms with Crippen molar-refractivity contribution in [2.75, 3.05) is 13.2 Å². The van der Waals surface area contributed by atoms with Crippen molar-refractivity contribution in [2.45, 2.75) is 6.92 Å². The number of carbonyl (C=O) groups is 1. The molecule has 0 heterocycles. The molecule has 0 aromatic heterocycles. The number of nitro groups is 1. The fourth-order valence-electron chi connectivity index (χ4n) is 1.42. The van der Waals surface area contributed by atoms with E-state index in [4.69, 9.17) is 15.6 Å². The number of hydrogen-bond acceptors (Lipinski definition) is 5. The Morgan fingerprint density at radius 3 is 2.71 bits per heavy atom. The molecule has 17 heavy (non-hydrogen) atoms. The molecule has 0 aliphatic carbocycles. The van der Waals surface area contributed by atoms with Gasteiger partial charge < -0.3 is 15.6 Å². The number of nitrogens with two attached hydrogens (primary N) is 1. The van der Waals surface area contributed by atoms with E-state index < -0.39 is 10.9 Å². The van der Waals surface area contributed by atoms with Crippen molar-refractivity contribution in [3.05, 3.63) is 33.4 Å². The first kappa shape index (κ1) is 12.9. The maximum Gasteiger partial charge on any atom is 0.336 e. The Balaban J connectivity index is 3.29. The molecule has 0 amide bonds. The van der Waals surface area contributed by atoms with E-state index in [0.717, 1.165) is 0 Å². The molecular formula is C10H12N2O5. The molecule has 0 fully saturated rings. The Hall–Kier alpha value is -2.15. The van der Waals surface area contributed by atoms with Crippen molar-refractivity contribution >= 4 is 11.7 Å². The zero-order chi connectivity index (χ0) is 13.0. The van der Waals surface area contributed by atoms with Gasteiger partial charge in [-0.05, 0) is 19.1 Å². The number of rotatable bonds is 5. The minimum absolute atomic E-state index is 0.0305. The van der Waals surface area contributed by atoms with Gasteiger partial charge in [0.1, 0.15) is 6.61 Å². The molecular weight excluding hydrogens is 228 g/mol. The van der Waals surface area contributed by atoms with Crippen LogP contribution in [0.1, 0.15) is 15.9 Å². The number of hydrogen-bond donors (Lipinski definition) is 2. The van der Waals surface area contributed by atoms with Crippen molar-refractivity contribution in [3.8, 4) is 5.75 Å². The minimum atomic E-state index is -1.21. The van der Waals surface area contributed by atoms with Gasteiger partial charge >= 0.3 is 11.7 Å². The van der Waals surface area contributed by atoms with Crippen LogP contribution in [0.3, 0.4) is 0 Å². The SMILES string of the molecule is Cc1c(C(=O)O)ccc(OCCN)c1[N+](=O)[O-]. The number of ether oxygens (including phenoxy) is 1. The monoisotopic (exact) mass is 240 g/mol. The lowest BCUT2D eigenvalue weighted by molar-refractivity contribution is -0.386. The Morgan fingerprint density at radius 2 is 2.24 bits per heavy atom. The fourth-order valence-corrected chi connectivity index (χ4v) is 1.42. The second-order valence-electron chi connectivity index (χ2n) is 3.28. The summed E-state index contributed by atoms with van der Waals surface area (Å²) in [5.74, 6) is -1.18. The zero-order valence-electron chi connectivity index (χ0n) is 9.17. The van der Waals surface area contributed by atoms with Gasteiger partial charge in [-0.3, -0.25) is 10.1 Å². The maximum atomic E-state index is 10.9. The van der Waals surface area contributed by atoms with Crippen LogP contribution in [0.4, 0.5) is 5.69 Å². The molecule has 0 spiro atoms. The summed E-state index contributed by atoms with van der Waals surface area (Å²) in [4.78, 5) is 21.1. The summed E-state index contributed by atoms with van der Waals surface area (Å²) < 4.78 is 5.10. The van der Waals surface area contributed by atoms with Crippen molar-refractivity contribution in [2.24, 2.45) is 5.73 Å². The van der Waals surface area contributed by atoms with Gasteiger partial charge in [-0.1, -0.05) is 0 Å². The van der Waals surface area contributed by atoms with Crippen LogP contribution >= 0.6 is 0 Å². The highest BCUT2D eigenvalue weighted by atomic mass is 16.6. The van der Waals surface area contributed by atoms with Crippen LogP contribution in [0.25, 0.3) is 0 Å². The maximum absolute atomic E-state index is 10.9. The second-order valence-corrected chi connectivity index (χ2v) is 3.28. The Labute approximate surface area is 97.0 Å². The largest absolute Gasteiger partial charge is 0.485 e. The molecule has 0 bridgehead atoms. The Kier molecular flexibility index (Phi) is 4.00. The number of benzene rings is 1. The van der Waals surface area contributed by atoms with Crippen LogP contribution in [-0.2, 0) is 0 Å². The molecule has 0 atom stereocenters. The van der Waals surface area contributed by atoms with E-state index in [2.05, 4.69) is 0 Å². The third-order valence-electron chi connectivity index (χ3n) is 2.18. The number of nitro benzene ring substituents is 1. The molecule has 3 N–H and O–H groups in total. The smallest absolute Gasteiger partial charge is 0.336 e. The van der Waals surface area contributed by atoms with Gasteiger partial charge in [0, 0.05) is 12.1 Å². The summed E-state index contributed by atoms with van der Waals surface area (Å²) in [5, 5.41) is 19.7. The Morgan fingerprint density at radius 1 is 1.59 bits per heavy atom. The summed E-state index contributed by atoms with van der Waals surface area (Å²) in [5.41, 5.74) is 4.85. The predicted octanol–water partition coefficient (Wildman–Crippen LogP) is 0.939. The summed E-state index contributed by atoms with van der Waals surface area (Å²) in [6.45, 7) is 1.72. The molecule has 1 aromatic carbocycles. The summed E-state index contributed by atoms with van der Waals surface area (Å²) in [6, 6.07) is 2.54. The lowest BCUT2D eigenvalue weighted by atomic mass is 10.1. The zero-order valence-corrected chi connectivity index (χ0v) is 9.17. The van der Waals surface area contributed by atoms with Crippen molar-refractivity contribution < 1.29 is 19.6 Å². The van der Waals surface area contributed by atoms with E-state index in [1.807, 2.05) is 0 Å². The topological polar surface area (TPSA) is 116 Å². The van der Waals surface area contributed by atoms with Crippen LogP contribution in [0, 0.1) is 17.0 Å². The van der Waals surface area contributed by atoms with Crippen LogP contribution in [0.15, 0.2) is 12.1 Å². The quantitative estimate of drug-likeness (QED) is 0.584. The van der Waals surface area contributed by atoms with Gasteiger partial charge in [-0.2, -0.15) is 0 Å². The third-order valence-corrected chi connectivity index (χ3v) is 2.18. The molecule has 0 unspecified atom stereocenters. The molecule has 0 aliphatic heterocycles. The van der Waals surface area contributed by atoms with Gasteiger partial charge in [0.15, 0.2) is 5.75 Å². The van der Waals surface area contributed by atoms with E-state index in [1.54, 1.807) is 0 Å². The highest BCUT2D eigenvalue weighted by Crippen LogP contribution is 2.32. The molecule has 0 saturated carbocycles. The van der Waals surface area contributed by atoms with E-state index in [9.17, 15) is 14.9 Å². The number of aromatic carboxylic acids is 1. The molecule has 0 aliphatic rings. The minimum Gasteiger partial charge on any atom is -0.485 e. The first-order valence-electron chi connectivity index (χ1n) is 4.83. The van der Waals surface area contributed by atoms with E-state index in [0.29, 0.717) is 0 Å². The molecule has 7 nitrogen and oxygen atoms in total. The molecule has 0 radical (unpaired) electrons. The van der Waals surface area contributed by atoms with E-state index in [-0.39, 0.29) is 35.7 Å². The summed E-state index contributed by atoms with van der Waals surface area (Å²) in [6.07, 6.45) is 0. The fraction of sp³-hybridized carbons (Fsp3) is 0.300. The van der Waals surface area contributed by atoms with Gasteiger partial charge in [-0.25, -0.2) is 4.79 Å². The lowest BCUT2D eigenvalue weighted by Crippen LogP contribution is -2.12. The highest BCUT2D eigenvalue weighted by molar-refractivity contribution is 5.91. The number of nitrogens with zero attached hydrogens (tertiary/aromatic N) is 1. The van der Waals surface area contributed by atoms with Gasteiger partial charge in [0.25, 0.3) is 0 Å². The average Bonchev–Trinajstić information content (AvgIpc) is 2.25.